The van der Waals surface area contributed by atoms with Gasteiger partial charge in [-0.3, -0.25) is 0 Å². The van der Waals surface area contributed by atoms with Gasteiger partial charge >= 0.3 is 0 Å². The van der Waals surface area contributed by atoms with E-state index < -0.39 is 11.2 Å². The summed E-state index contributed by atoms with van der Waals surface area (Å²) in [7, 11) is 1.65. The predicted octanol–water partition coefficient (Wildman–Crippen LogP) is 0.651. The van der Waals surface area contributed by atoms with Crippen molar-refractivity contribution in [1.82, 2.24) is 0 Å². The molecule has 0 aromatic heterocycles. The minimum Gasteiger partial charge on any atom is -0.381 e. The first-order chi connectivity index (χ1) is 8.72. The van der Waals surface area contributed by atoms with Gasteiger partial charge in [-0.2, -0.15) is 0 Å². The third-order valence-electron chi connectivity index (χ3n) is 3.74. The fraction of sp³-hybridized carbons (Fsp3) is 1.00. The Morgan fingerprint density at radius 3 is 2.22 bits per heavy atom. The van der Waals surface area contributed by atoms with Crippen LogP contribution in [0, 0.1) is 22.0 Å². The molecule has 0 radical (unpaired) electrons. The molecule has 18 heavy (non-hydrogen) atoms. The Balaban J connectivity index is 2.14. The standard InChI is InChI=1S/C11H19NO6/c1-15-10-2-4-16-7-9-8(10)6-17-5-3-11(9)18-12(13)14/h8-11H,2-7H2,1H3. The van der Waals surface area contributed by atoms with Crippen LogP contribution >= 0.6 is 0 Å². The fourth-order valence-corrected chi connectivity index (χ4v) is 2.81. The molecule has 0 amide bonds. The van der Waals surface area contributed by atoms with Crippen LogP contribution in [0.4, 0.5) is 0 Å². The zero-order chi connectivity index (χ0) is 13.0. The second kappa shape index (κ2) is 6.31. The molecule has 2 aliphatic rings. The Labute approximate surface area is 105 Å². The Morgan fingerprint density at radius 1 is 1.11 bits per heavy atom. The molecule has 0 N–H and O–H groups in total. The number of fused-ring (bicyclic) bond motifs is 1. The average Bonchev–Trinajstić information content (AvgIpc) is 2.64. The lowest BCUT2D eigenvalue weighted by Gasteiger charge is -2.30. The van der Waals surface area contributed by atoms with E-state index in [-0.39, 0.29) is 17.9 Å². The first-order valence-corrected chi connectivity index (χ1v) is 6.22. The number of nitrogens with zero attached hydrogens (tertiary/aromatic N) is 1. The summed E-state index contributed by atoms with van der Waals surface area (Å²) in [5, 5.41) is 9.84. The van der Waals surface area contributed by atoms with Crippen molar-refractivity contribution in [2.75, 3.05) is 33.5 Å². The van der Waals surface area contributed by atoms with E-state index in [1.807, 2.05) is 0 Å². The molecular formula is C11H19NO6. The van der Waals surface area contributed by atoms with Crippen LogP contribution in [0.3, 0.4) is 0 Å². The molecule has 0 aromatic rings. The summed E-state index contributed by atoms with van der Waals surface area (Å²) < 4.78 is 16.5. The van der Waals surface area contributed by atoms with Gasteiger partial charge in [-0.25, -0.2) is 0 Å². The highest BCUT2D eigenvalue weighted by molar-refractivity contribution is 4.86. The molecule has 2 heterocycles. The largest absolute Gasteiger partial charge is 0.381 e. The van der Waals surface area contributed by atoms with E-state index in [0.29, 0.717) is 32.8 Å². The Hall–Kier alpha value is -0.920. The SMILES string of the molecule is COC1CCOCC2C(O[N+](=O)[O-])CCOCC12. The fourth-order valence-electron chi connectivity index (χ4n) is 2.81. The van der Waals surface area contributed by atoms with Crippen LogP contribution in [-0.4, -0.2) is 50.8 Å². The molecule has 2 fully saturated rings. The lowest BCUT2D eigenvalue weighted by atomic mass is 9.84. The topological polar surface area (TPSA) is 80.1 Å². The van der Waals surface area contributed by atoms with Crippen LogP contribution in [0.15, 0.2) is 0 Å². The molecule has 0 bridgehead atoms. The van der Waals surface area contributed by atoms with Crippen LogP contribution in [0.2, 0.25) is 0 Å². The maximum atomic E-state index is 10.6. The molecule has 0 saturated carbocycles. The second-order valence-electron chi connectivity index (χ2n) is 4.70. The molecule has 0 aromatic carbocycles. The molecule has 2 aliphatic heterocycles. The van der Waals surface area contributed by atoms with Crippen LogP contribution in [-0.2, 0) is 19.0 Å². The van der Waals surface area contributed by atoms with Crippen molar-refractivity contribution in [2.24, 2.45) is 11.8 Å². The van der Waals surface area contributed by atoms with E-state index in [1.54, 1.807) is 7.11 Å². The van der Waals surface area contributed by atoms with Crippen molar-refractivity contribution in [3.05, 3.63) is 10.1 Å². The van der Waals surface area contributed by atoms with Gasteiger partial charge in [-0.05, 0) is 12.8 Å². The van der Waals surface area contributed by atoms with E-state index in [4.69, 9.17) is 19.0 Å². The Morgan fingerprint density at radius 2 is 1.67 bits per heavy atom. The van der Waals surface area contributed by atoms with Crippen LogP contribution in [0.5, 0.6) is 0 Å². The maximum Gasteiger partial charge on any atom is 0.294 e. The summed E-state index contributed by atoms with van der Waals surface area (Å²) in [5.74, 6) is 0.0373. The van der Waals surface area contributed by atoms with Crippen molar-refractivity contribution in [1.29, 1.82) is 0 Å². The zero-order valence-electron chi connectivity index (χ0n) is 10.4. The summed E-state index contributed by atoms with van der Waals surface area (Å²) >= 11 is 0. The molecule has 7 heteroatoms. The molecular weight excluding hydrogens is 242 g/mol. The summed E-state index contributed by atoms with van der Waals surface area (Å²) in [6, 6.07) is 0. The minimum atomic E-state index is -0.722. The first-order valence-electron chi connectivity index (χ1n) is 6.22. The van der Waals surface area contributed by atoms with Gasteiger partial charge < -0.3 is 19.0 Å². The lowest BCUT2D eigenvalue weighted by molar-refractivity contribution is -0.771. The number of rotatable bonds is 3. The van der Waals surface area contributed by atoms with Gasteiger partial charge in [-0.1, -0.05) is 0 Å². The lowest BCUT2D eigenvalue weighted by Crippen LogP contribution is -2.39. The van der Waals surface area contributed by atoms with Crippen molar-refractivity contribution >= 4 is 0 Å². The van der Waals surface area contributed by atoms with Crippen LogP contribution in [0.1, 0.15) is 12.8 Å². The van der Waals surface area contributed by atoms with Crippen molar-refractivity contribution in [2.45, 2.75) is 25.0 Å². The minimum absolute atomic E-state index is 0.00783. The smallest absolute Gasteiger partial charge is 0.294 e. The molecule has 4 atom stereocenters. The van der Waals surface area contributed by atoms with Gasteiger partial charge in [0.25, 0.3) is 5.09 Å². The first kappa shape index (κ1) is 13.5. The molecule has 4 unspecified atom stereocenters. The van der Waals surface area contributed by atoms with E-state index in [9.17, 15) is 10.1 Å². The Kier molecular flexibility index (Phi) is 4.73. The number of ether oxygens (including phenoxy) is 3. The molecule has 2 saturated heterocycles. The summed E-state index contributed by atoms with van der Waals surface area (Å²) in [4.78, 5) is 15.4. The van der Waals surface area contributed by atoms with E-state index in [1.165, 1.54) is 0 Å². The number of hydrogen-bond acceptors (Lipinski definition) is 6. The molecule has 104 valence electrons. The number of methoxy groups -OCH3 is 1. The van der Waals surface area contributed by atoms with Gasteiger partial charge in [0.15, 0.2) is 0 Å². The highest BCUT2D eigenvalue weighted by Crippen LogP contribution is 2.32. The Bertz CT molecular complexity index is 287. The highest BCUT2D eigenvalue weighted by atomic mass is 17.0. The molecule has 2 rings (SSSR count). The van der Waals surface area contributed by atoms with E-state index in [2.05, 4.69) is 0 Å². The molecule has 7 nitrogen and oxygen atoms in total. The average molecular weight is 261 g/mol. The highest BCUT2D eigenvalue weighted by Gasteiger charge is 2.40. The van der Waals surface area contributed by atoms with Gasteiger partial charge in [0.2, 0.25) is 0 Å². The van der Waals surface area contributed by atoms with Gasteiger partial charge in [0, 0.05) is 32.2 Å². The third-order valence-corrected chi connectivity index (χ3v) is 3.74. The van der Waals surface area contributed by atoms with Crippen LogP contribution in [0.25, 0.3) is 0 Å². The van der Waals surface area contributed by atoms with E-state index in [0.717, 1.165) is 6.42 Å². The van der Waals surface area contributed by atoms with Crippen molar-refractivity contribution in [3.63, 3.8) is 0 Å². The predicted molar refractivity (Wildman–Crippen MR) is 60.5 cm³/mol. The summed E-state index contributed by atoms with van der Waals surface area (Å²) in [6.07, 6.45) is 0.838. The zero-order valence-corrected chi connectivity index (χ0v) is 10.4. The molecule has 0 spiro atoms. The summed E-state index contributed by atoms with van der Waals surface area (Å²) in [6.45, 7) is 2.09. The number of hydrogen-bond donors (Lipinski definition) is 0. The third kappa shape index (κ3) is 3.09. The van der Waals surface area contributed by atoms with Gasteiger partial charge in [-0.15, -0.1) is 10.1 Å². The van der Waals surface area contributed by atoms with Gasteiger partial charge in [0.05, 0.1) is 19.3 Å². The van der Waals surface area contributed by atoms with E-state index >= 15 is 0 Å². The van der Waals surface area contributed by atoms with Gasteiger partial charge in [0.1, 0.15) is 6.10 Å². The summed E-state index contributed by atoms with van der Waals surface area (Å²) in [5.41, 5.74) is 0. The normalized spacial score (nSPS) is 37.2. The van der Waals surface area contributed by atoms with Crippen LogP contribution < -0.4 is 0 Å². The maximum absolute atomic E-state index is 10.6. The quantitative estimate of drug-likeness (QED) is 0.548. The molecule has 0 aliphatic carbocycles. The second-order valence-corrected chi connectivity index (χ2v) is 4.70. The van der Waals surface area contributed by atoms with Crippen molar-refractivity contribution < 1.29 is 24.1 Å². The monoisotopic (exact) mass is 261 g/mol. The van der Waals surface area contributed by atoms with Crippen molar-refractivity contribution in [3.8, 4) is 0 Å².